The predicted octanol–water partition coefficient (Wildman–Crippen LogP) is 2.80. The molecule has 108 valence electrons. The molecule has 0 N–H and O–H groups in total. The van der Waals surface area contributed by atoms with Gasteiger partial charge in [0.15, 0.2) is 0 Å². The van der Waals surface area contributed by atoms with E-state index in [0.717, 1.165) is 16.3 Å². The summed E-state index contributed by atoms with van der Waals surface area (Å²) in [5.74, 6) is 0.566. The highest BCUT2D eigenvalue weighted by molar-refractivity contribution is 7.15. The van der Waals surface area contributed by atoms with Gasteiger partial charge < -0.3 is 4.42 Å². The van der Waals surface area contributed by atoms with Gasteiger partial charge >= 0.3 is 0 Å². The lowest BCUT2D eigenvalue weighted by Crippen LogP contribution is -2.16. The van der Waals surface area contributed by atoms with Crippen molar-refractivity contribution in [3.8, 4) is 10.8 Å². The van der Waals surface area contributed by atoms with E-state index in [4.69, 9.17) is 4.42 Å². The summed E-state index contributed by atoms with van der Waals surface area (Å²) in [5, 5.41) is 12.1. The summed E-state index contributed by atoms with van der Waals surface area (Å²) >= 11 is 1.58. The maximum absolute atomic E-state index is 12.2. The van der Waals surface area contributed by atoms with Crippen LogP contribution in [-0.4, -0.2) is 25.9 Å². The van der Waals surface area contributed by atoms with E-state index in [1.807, 2.05) is 39.0 Å². The first-order valence-electron chi connectivity index (χ1n) is 6.48. The van der Waals surface area contributed by atoms with Gasteiger partial charge in [0.1, 0.15) is 6.42 Å². The number of carbonyl (C=O) groups excluding carboxylic acids is 1. The topological polar surface area (TPSA) is 73.8 Å². The molecule has 0 aliphatic rings. The van der Waals surface area contributed by atoms with E-state index in [9.17, 15) is 4.79 Å². The van der Waals surface area contributed by atoms with E-state index in [0.29, 0.717) is 11.8 Å². The van der Waals surface area contributed by atoms with E-state index in [1.165, 1.54) is 9.56 Å². The molecule has 6 nitrogen and oxygen atoms in total. The highest BCUT2D eigenvalue weighted by Crippen LogP contribution is 2.26. The highest BCUT2D eigenvalue weighted by Gasteiger charge is 2.16. The summed E-state index contributed by atoms with van der Waals surface area (Å²) in [7, 11) is 0. The average molecular weight is 302 g/mol. The lowest BCUT2D eigenvalue weighted by Gasteiger charge is -1.99. The number of aryl methyl sites for hydroxylation is 3. The fraction of sp³-hybridized carbons (Fsp3) is 0.286. The second-order valence-electron chi connectivity index (χ2n) is 4.82. The van der Waals surface area contributed by atoms with Crippen molar-refractivity contribution in [1.82, 2.24) is 20.0 Å². The smallest absolute Gasteiger partial charge is 0.257 e. The zero-order valence-electron chi connectivity index (χ0n) is 12.0. The third-order valence-electron chi connectivity index (χ3n) is 2.97. The molecule has 0 saturated carbocycles. The minimum absolute atomic E-state index is 0.0410. The van der Waals surface area contributed by atoms with Crippen LogP contribution in [-0.2, 0) is 6.42 Å². The van der Waals surface area contributed by atoms with Crippen molar-refractivity contribution in [2.24, 2.45) is 0 Å². The molecule has 3 heterocycles. The van der Waals surface area contributed by atoms with E-state index >= 15 is 0 Å². The average Bonchev–Trinajstić information content (AvgIpc) is 3.10. The lowest BCUT2D eigenvalue weighted by molar-refractivity contribution is 0.0887. The summed E-state index contributed by atoms with van der Waals surface area (Å²) in [5.41, 5.74) is 1.60. The molecule has 0 bridgehead atoms. The monoisotopic (exact) mass is 302 g/mol. The van der Waals surface area contributed by atoms with Crippen molar-refractivity contribution in [2.75, 3.05) is 0 Å². The van der Waals surface area contributed by atoms with Gasteiger partial charge in [-0.15, -0.1) is 21.5 Å². The van der Waals surface area contributed by atoms with Crippen LogP contribution in [0.15, 0.2) is 22.6 Å². The van der Waals surface area contributed by atoms with Crippen LogP contribution in [0, 0.1) is 20.8 Å². The number of nitrogens with zero attached hydrogens (tertiary/aromatic N) is 4. The van der Waals surface area contributed by atoms with Crippen LogP contribution < -0.4 is 0 Å². The molecule has 0 saturated heterocycles. The molecule has 0 aliphatic heterocycles. The van der Waals surface area contributed by atoms with Gasteiger partial charge in [-0.25, -0.2) is 4.68 Å². The number of hydrogen-bond acceptors (Lipinski definition) is 6. The minimum Gasteiger partial charge on any atom is -0.419 e. The molecule has 3 aromatic rings. The van der Waals surface area contributed by atoms with E-state index in [2.05, 4.69) is 15.3 Å². The summed E-state index contributed by atoms with van der Waals surface area (Å²) < 4.78 is 6.92. The number of thiophene rings is 1. The van der Waals surface area contributed by atoms with Crippen molar-refractivity contribution in [3.63, 3.8) is 0 Å². The standard InChI is InChI=1S/C14H14N4O2S/c1-8-6-9(2)18(17-8)13(19)7-12-15-16-14(20-12)11-5-4-10(3)21-11/h4-6H,7H2,1-3H3. The SMILES string of the molecule is Cc1cc(C)n(C(=O)Cc2nnc(-c3ccc(C)s3)o2)n1. The summed E-state index contributed by atoms with van der Waals surface area (Å²) in [6.07, 6.45) is 0.0410. The van der Waals surface area contributed by atoms with Crippen molar-refractivity contribution in [2.45, 2.75) is 27.2 Å². The zero-order chi connectivity index (χ0) is 15.0. The Morgan fingerprint density at radius 1 is 1.29 bits per heavy atom. The summed E-state index contributed by atoms with van der Waals surface area (Å²) in [6.45, 7) is 5.70. The molecule has 0 atom stereocenters. The molecule has 21 heavy (non-hydrogen) atoms. The van der Waals surface area contributed by atoms with E-state index in [-0.39, 0.29) is 12.3 Å². The first-order valence-corrected chi connectivity index (χ1v) is 7.30. The van der Waals surface area contributed by atoms with Gasteiger partial charge in [-0.1, -0.05) is 0 Å². The first-order chi connectivity index (χ1) is 10.0. The molecule has 0 unspecified atom stereocenters. The molecule has 0 aliphatic carbocycles. The number of hydrogen-bond donors (Lipinski definition) is 0. The zero-order valence-corrected chi connectivity index (χ0v) is 12.8. The molecule has 0 aromatic carbocycles. The van der Waals surface area contributed by atoms with E-state index in [1.54, 1.807) is 11.3 Å². The molecule has 0 radical (unpaired) electrons. The predicted molar refractivity (Wildman–Crippen MR) is 78.4 cm³/mol. The van der Waals surface area contributed by atoms with Crippen molar-refractivity contribution in [1.29, 1.82) is 0 Å². The Kier molecular flexibility index (Phi) is 3.42. The Bertz CT molecular complexity index is 800. The molecule has 0 spiro atoms. The second-order valence-corrected chi connectivity index (χ2v) is 6.11. The van der Waals surface area contributed by atoms with Crippen molar-refractivity contribution in [3.05, 3.63) is 40.4 Å². The molecular weight excluding hydrogens is 288 g/mol. The summed E-state index contributed by atoms with van der Waals surface area (Å²) in [6, 6.07) is 5.77. The normalized spacial score (nSPS) is 11.0. The molecule has 0 fully saturated rings. The molecule has 3 aromatic heterocycles. The summed E-state index contributed by atoms with van der Waals surface area (Å²) in [4.78, 5) is 14.3. The van der Waals surface area contributed by atoms with Crippen LogP contribution in [0.2, 0.25) is 0 Å². The Hall–Kier alpha value is -2.28. The van der Waals surface area contributed by atoms with Gasteiger partial charge in [-0.05, 0) is 39.0 Å². The number of aromatic nitrogens is 4. The Morgan fingerprint density at radius 3 is 2.71 bits per heavy atom. The van der Waals surface area contributed by atoms with Crippen molar-refractivity contribution >= 4 is 17.2 Å². The fourth-order valence-corrected chi connectivity index (χ4v) is 2.85. The Balaban J connectivity index is 1.78. The molecule has 3 rings (SSSR count). The van der Waals surface area contributed by atoms with Crippen LogP contribution in [0.4, 0.5) is 0 Å². The molecule has 7 heteroatoms. The van der Waals surface area contributed by atoms with Crippen LogP contribution in [0.3, 0.4) is 0 Å². The van der Waals surface area contributed by atoms with E-state index < -0.39 is 0 Å². The third-order valence-corrected chi connectivity index (χ3v) is 3.95. The van der Waals surface area contributed by atoms with Gasteiger partial charge in [0.25, 0.3) is 11.8 Å². The van der Waals surface area contributed by atoms with Crippen LogP contribution in [0.25, 0.3) is 10.8 Å². The maximum atomic E-state index is 12.2. The van der Waals surface area contributed by atoms with Gasteiger partial charge in [0.2, 0.25) is 5.89 Å². The quantitative estimate of drug-likeness (QED) is 0.743. The molecular formula is C14H14N4O2S. The Morgan fingerprint density at radius 2 is 2.10 bits per heavy atom. The lowest BCUT2D eigenvalue weighted by atomic mass is 10.3. The second kappa shape index (κ2) is 5.25. The minimum atomic E-state index is -0.182. The van der Waals surface area contributed by atoms with Gasteiger partial charge in [-0.2, -0.15) is 5.10 Å². The maximum Gasteiger partial charge on any atom is 0.257 e. The number of carbonyl (C=O) groups is 1. The van der Waals surface area contributed by atoms with Gasteiger partial charge in [0.05, 0.1) is 10.6 Å². The Labute approximate surface area is 125 Å². The van der Waals surface area contributed by atoms with Crippen LogP contribution >= 0.6 is 11.3 Å². The number of rotatable bonds is 3. The third kappa shape index (κ3) is 2.78. The fourth-order valence-electron chi connectivity index (χ4n) is 2.06. The highest BCUT2D eigenvalue weighted by atomic mass is 32.1. The molecule has 0 amide bonds. The largest absolute Gasteiger partial charge is 0.419 e. The van der Waals surface area contributed by atoms with Gasteiger partial charge in [-0.3, -0.25) is 4.79 Å². The van der Waals surface area contributed by atoms with Crippen LogP contribution in [0.5, 0.6) is 0 Å². The van der Waals surface area contributed by atoms with Crippen molar-refractivity contribution < 1.29 is 9.21 Å². The first kappa shape index (κ1) is 13.7. The van der Waals surface area contributed by atoms with Gasteiger partial charge in [0, 0.05) is 10.6 Å². The van der Waals surface area contributed by atoms with Crippen LogP contribution in [0.1, 0.15) is 27.0 Å².